The molecule has 5 amide bonds. The molecule has 1 atom stereocenters. The molecule has 2 aliphatic rings. The molecule has 0 bridgehead atoms. The minimum absolute atomic E-state index is 0.132. The van der Waals surface area contributed by atoms with Gasteiger partial charge in [-0.1, -0.05) is 17.2 Å². The Morgan fingerprint density at radius 2 is 1.68 bits per heavy atom. The summed E-state index contributed by atoms with van der Waals surface area (Å²) in [6.07, 6.45) is -0.495. The molecular formula is C13H9N3O6. The molecule has 0 aliphatic carbocycles. The Labute approximate surface area is 123 Å². The maximum absolute atomic E-state index is 12.0. The van der Waals surface area contributed by atoms with Crippen molar-refractivity contribution in [3.63, 3.8) is 0 Å². The molecule has 0 spiro atoms. The molecule has 2 N–H and O–H groups in total. The number of hydrogen-bond donors (Lipinski definition) is 2. The molecule has 1 fully saturated rings. The van der Waals surface area contributed by atoms with Gasteiger partial charge in [-0.15, -0.1) is 0 Å². The van der Waals surface area contributed by atoms with Gasteiger partial charge in [0, 0.05) is 0 Å². The summed E-state index contributed by atoms with van der Waals surface area (Å²) in [6, 6.07) is 4.22. The zero-order valence-electron chi connectivity index (χ0n) is 11.0. The number of hydrogen-bond acceptors (Lipinski definition) is 6. The number of hydroxylamine groups is 2. The van der Waals surface area contributed by atoms with Crippen molar-refractivity contribution in [1.29, 1.82) is 0 Å². The van der Waals surface area contributed by atoms with Crippen LogP contribution in [0.15, 0.2) is 24.3 Å². The van der Waals surface area contributed by atoms with Gasteiger partial charge < -0.3 is 10.2 Å². The number of urea groups is 1. The SMILES string of the molecule is O=C1NC(=O)[C@H](CC(=O)ON2C(=O)c3ccccc3C2=O)N1. The molecule has 9 nitrogen and oxygen atoms in total. The van der Waals surface area contributed by atoms with E-state index in [9.17, 15) is 24.0 Å². The summed E-state index contributed by atoms with van der Waals surface area (Å²) in [4.78, 5) is 62.7. The predicted octanol–water partition coefficient (Wildman–Crippen LogP) is -0.661. The van der Waals surface area contributed by atoms with Crippen LogP contribution in [-0.2, 0) is 14.4 Å². The predicted molar refractivity (Wildman–Crippen MR) is 68.1 cm³/mol. The molecular weight excluding hydrogens is 294 g/mol. The van der Waals surface area contributed by atoms with Gasteiger partial charge in [-0.25, -0.2) is 9.59 Å². The van der Waals surface area contributed by atoms with E-state index < -0.39 is 42.2 Å². The second kappa shape index (κ2) is 4.95. The largest absolute Gasteiger partial charge is 0.335 e. The van der Waals surface area contributed by atoms with E-state index in [0.717, 1.165) is 0 Å². The zero-order chi connectivity index (χ0) is 15.9. The minimum atomic E-state index is -1.09. The third kappa shape index (κ3) is 2.18. The highest BCUT2D eigenvalue weighted by Crippen LogP contribution is 2.22. The summed E-state index contributed by atoms with van der Waals surface area (Å²) in [5.74, 6) is -3.18. The van der Waals surface area contributed by atoms with Crippen molar-refractivity contribution in [3.8, 4) is 0 Å². The van der Waals surface area contributed by atoms with Crippen molar-refractivity contribution in [2.45, 2.75) is 12.5 Å². The first kappa shape index (κ1) is 13.7. The van der Waals surface area contributed by atoms with E-state index in [-0.39, 0.29) is 11.1 Å². The fourth-order valence-corrected chi connectivity index (χ4v) is 2.16. The number of carbonyl (C=O) groups excluding carboxylic acids is 5. The van der Waals surface area contributed by atoms with Gasteiger partial charge in [0.15, 0.2) is 0 Å². The van der Waals surface area contributed by atoms with Crippen molar-refractivity contribution in [1.82, 2.24) is 15.7 Å². The monoisotopic (exact) mass is 303 g/mol. The van der Waals surface area contributed by atoms with Crippen LogP contribution < -0.4 is 10.6 Å². The number of nitrogens with zero attached hydrogens (tertiary/aromatic N) is 1. The van der Waals surface area contributed by atoms with Crippen LogP contribution >= 0.6 is 0 Å². The Kier molecular flexibility index (Phi) is 3.09. The second-order valence-corrected chi connectivity index (χ2v) is 4.63. The van der Waals surface area contributed by atoms with Crippen molar-refractivity contribution in [2.24, 2.45) is 0 Å². The molecule has 0 aromatic heterocycles. The smallest absolute Gasteiger partial charge is 0.330 e. The molecule has 1 saturated heterocycles. The van der Waals surface area contributed by atoms with Crippen molar-refractivity contribution in [2.75, 3.05) is 0 Å². The Morgan fingerprint density at radius 3 is 2.18 bits per heavy atom. The van der Waals surface area contributed by atoms with Gasteiger partial charge in [0.2, 0.25) is 0 Å². The number of benzene rings is 1. The van der Waals surface area contributed by atoms with Gasteiger partial charge in [0.1, 0.15) is 6.04 Å². The number of carbonyl (C=O) groups is 5. The first-order valence-electron chi connectivity index (χ1n) is 6.27. The highest BCUT2D eigenvalue weighted by atomic mass is 16.7. The number of nitrogens with one attached hydrogen (secondary N) is 2. The molecule has 2 heterocycles. The Morgan fingerprint density at radius 1 is 1.09 bits per heavy atom. The van der Waals surface area contributed by atoms with E-state index in [4.69, 9.17) is 4.84 Å². The van der Waals surface area contributed by atoms with Crippen LogP contribution in [0.1, 0.15) is 27.1 Å². The van der Waals surface area contributed by atoms with E-state index >= 15 is 0 Å². The Hall–Kier alpha value is -3.23. The first-order chi connectivity index (χ1) is 10.5. The standard InChI is InChI=1S/C13H9N3O6/c17-9(5-8-10(18)15-13(21)14-8)22-16-11(19)6-3-1-2-4-7(6)12(16)20/h1-4,8H,5H2,(H2,14,15,18,21)/t8-/m0/s1. The van der Waals surface area contributed by atoms with Crippen LogP contribution in [0.3, 0.4) is 0 Å². The van der Waals surface area contributed by atoms with Crippen molar-refractivity contribution in [3.05, 3.63) is 35.4 Å². The molecule has 3 rings (SSSR count). The van der Waals surface area contributed by atoms with Gasteiger partial charge in [-0.3, -0.25) is 19.7 Å². The van der Waals surface area contributed by atoms with Crippen molar-refractivity contribution >= 4 is 29.7 Å². The Balaban J connectivity index is 1.68. The van der Waals surface area contributed by atoms with Crippen LogP contribution in [-0.4, -0.2) is 40.8 Å². The molecule has 1 aromatic rings. The van der Waals surface area contributed by atoms with E-state index in [2.05, 4.69) is 5.32 Å². The zero-order valence-corrected chi connectivity index (χ0v) is 11.0. The number of rotatable bonds is 3. The molecule has 2 aliphatic heterocycles. The summed E-state index contributed by atoms with van der Waals surface area (Å²) in [5.41, 5.74) is 0.263. The van der Waals surface area contributed by atoms with Crippen LogP contribution in [0.4, 0.5) is 4.79 Å². The lowest BCUT2D eigenvalue weighted by molar-refractivity contribution is -0.169. The fraction of sp³-hybridized carbons (Fsp3) is 0.154. The van der Waals surface area contributed by atoms with Gasteiger partial charge in [0.05, 0.1) is 17.5 Å². The Bertz CT molecular complexity index is 693. The lowest BCUT2D eigenvalue weighted by Gasteiger charge is -2.13. The van der Waals surface area contributed by atoms with Gasteiger partial charge >= 0.3 is 12.0 Å². The van der Waals surface area contributed by atoms with E-state index in [0.29, 0.717) is 5.06 Å². The molecule has 22 heavy (non-hydrogen) atoms. The van der Waals surface area contributed by atoms with Crippen LogP contribution in [0.5, 0.6) is 0 Å². The topological polar surface area (TPSA) is 122 Å². The molecule has 9 heteroatoms. The molecule has 0 unspecified atom stereocenters. The number of amides is 5. The van der Waals surface area contributed by atoms with E-state index in [1.165, 1.54) is 12.1 Å². The maximum atomic E-state index is 12.0. The highest BCUT2D eigenvalue weighted by molar-refractivity contribution is 6.20. The highest BCUT2D eigenvalue weighted by Gasteiger charge is 2.40. The summed E-state index contributed by atoms with van der Waals surface area (Å²) >= 11 is 0. The average molecular weight is 303 g/mol. The summed E-state index contributed by atoms with van der Waals surface area (Å²) in [7, 11) is 0. The minimum Gasteiger partial charge on any atom is -0.330 e. The third-order valence-corrected chi connectivity index (χ3v) is 3.18. The fourth-order valence-electron chi connectivity index (χ4n) is 2.16. The van der Waals surface area contributed by atoms with Crippen LogP contribution in [0.2, 0.25) is 0 Å². The summed E-state index contributed by atoms with van der Waals surface area (Å²) < 4.78 is 0. The van der Waals surface area contributed by atoms with Crippen LogP contribution in [0.25, 0.3) is 0 Å². The van der Waals surface area contributed by atoms with Gasteiger partial charge in [0.25, 0.3) is 17.7 Å². The second-order valence-electron chi connectivity index (χ2n) is 4.63. The van der Waals surface area contributed by atoms with Gasteiger partial charge in [-0.2, -0.15) is 0 Å². The summed E-state index contributed by atoms with van der Waals surface area (Å²) in [6.45, 7) is 0. The summed E-state index contributed by atoms with van der Waals surface area (Å²) in [5, 5.41) is 4.51. The lowest BCUT2D eigenvalue weighted by Crippen LogP contribution is -2.37. The lowest BCUT2D eigenvalue weighted by atomic mass is 10.1. The first-order valence-corrected chi connectivity index (χ1v) is 6.27. The maximum Gasteiger partial charge on any atom is 0.335 e. The van der Waals surface area contributed by atoms with Crippen LogP contribution in [0, 0.1) is 0 Å². The molecule has 0 saturated carbocycles. The van der Waals surface area contributed by atoms with Crippen molar-refractivity contribution < 1.29 is 28.8 Å². The normalized spacial score (nSPS) is 19.8. The van der Waals surface area contributed by atoms with Gasteiger partial charge in [-0.05, 0) is 12.1 Å². The third-order valence-electron chi connectivity index (χ3n) is 3.18. The van der Waals surface area contributed by atoms with E-state index in [1.54, 1.807) is 12.1 Å². The molecule has 0 radical (unpaired) electrons. The quantitative estimate of drug-likeness (QED) is 0.564. The number of fused-ring (bicyclic) bond motifs is 1. The molecule has 112 valence electrons. The van der Waals surface area contributed by atoms with E-state index in [1.807, 2.05) is 5.32 Å². The average Bonchev–Trinajstić information content (AvgIpc) is 2.91. The number of imide groups is 2. The molecule has 1 aromatic carbocycles.